The molecular weight excluding hydrogens is 324 g/mol. The zero-order valence-electron chi connectivity index (χ0n) is 9.22. The van der Waals surface area contributed by atoms with E-state index < -0.39 is 17.4 Å². The summed E-state index contributed by atoms with van der Waals surface area (Å²) in [5.74, 6) is -2.04. The monoisotopic (exact) mass is 329 g/mol. The molecule has 0 saturated heterocycles. The second-order valence-corrected chi connectivity index (χ2v) is 5.02. The molecule has 0 bridgehead atoms. The maximum atomic E-state index is 11.9. The SMILES string of the molecule is CN(C)C(=O)c1c(Cl)c(Cl)c(Cl)c(Cl)c1C(=O)O. The molecule has 0 aliphatic heterocycles. The molecule has 1 aromatic rings. The Labute approximate surface area is 123 Å². The van der Waals surface area contributed by atoms with Crippen molar-refractivity contribution in [2.75, 3.05) is 14.1 Å². The third-order valence-corrected chi connectivity index (χ3v) is 3.90. The summed E-state index contributed by atoms with van der Waals surface area (Å²) in [5.41, 5.74) is -0.747. The number of carboxylic acids is 1. The normalized spacial score (nSPS) is 10.3. The van der Waals surface area contributed by atoms with Crippen LogP contribution in [0.4, 0.5) is 0 Å². The first-order chi connectivity index (χ1) is 8.20. The van der Waals surface area contributed by atoms with Crippen LogP contribution in [0.3, 0.4) is 0 Å². The van der Waals surface area contributed by atoms with Gasteiger partial charge in [0.2, 0.25) is 0 Å². The molecule has 0 unspecified atom stereocenters. The zero-order valence-corrected chi connectivity index (χ0v) is 12.2. The van der Waals surface area contributed by atoms with Gasteiger partial charge in [-0.25, -0.2) is 4.79 Å². The van der Waals surface area contributed by atoms with Crippen LogP contribution in [0.1, 0.15) is 20.7 Å². The van der Waals surface area contributed by atoms with Crippen LogP contribution < -0.4 is 0 Å². The first-order valence-electron chi connectivity index (χ1n) is 4.51. The van der Waals surface area contributed by atoms with Crippen molar-refractivity contribution in [3.8, 4) is 0 Å². The van der Waals surface area contributed by atoms with Crippen molar-refractivity contribution in [3.63, 3.8) is 0 Å². The topological polar surface area (TPSA) is 57.6 Å². The second-order valence-electron chi connectivity index (χ2n) is 3.51. The van der Waals surface area contributed by atoms with Gasteiger partial charge in [0.25, 0.3) is 5.91 Å². The maximum Gasteiger partial charge on any atom is 0.338 e. The molecule has 4 nitrogen and oxygen atoms in total. The average molecular weight is 331 g/mol. The smallest absolute Gasteiger partial charge is 0.338 e. The summed E-state index contributed by atoms with van der Waals surface area (Å²) in [7, 11) is 2.89. The van der Waals surface area contributed by atoms with E-state index in [0.29, 0.717) is 0 Å². The van der Waals surface area contributed by atoms with Gasteiger partial charge in [0.15, 0.2) is 0 Å². The fourth-order valence-electron chi connectivity index (χ4n) is 1.26. The summed E-state index contributed by atoms with van der Waals surface area (Å²) in [5, 5.41) is 8.20. The highest BCUT2D eigenvalue weighted by atomic mass is 35.5. The number of hydrogen-bond donors (Lipinski definition) is 1. The van der Waals surface area contributed by atoms with Gasteiger partial charge in [-0.1, -0.05) is 46.4 Å². The van der Waals surface area contributed by atoms with Gasteiger partial charge in [-0.2, -0.15) is 0 Å². The molecule has 1 aromatic carbocycles. The lowest BCUT2D eigenvalue weighted by molar-refractivity contribution is 0.0685. The molecule has 1 amide bonds. The van der Waals surface area contributed by atoms with Crippen LogP contribution in [-0.4, -0.2) is 36.0 Å². The molecule has 18 heavy (non-hydrogen) atoms. The maximum absolute atomic E-state index is 11.9. The van der Waals surface area contributed by atoms with Crippen LogP contribution in [0.2, 0.25) is 20.1 Å². The number of rotatable bonds is 2. The summed E-state index contributed by atoms with van der Waals surface area (Å²) in [6.45, 7) is 0. The molecule has 0 aromatic heterocycles. The highest BCUT2D eigenvalue weighted by Gasteiger charge is 2.29. The lowest BCUT2D eigenvalue weighted by Gasteiger charge is -2.16. The van der Waals surface area contributed by atoms with E-state index in [2.05, 4.69) is 0 Å². The molecule has 0 aliphatic rings. The molecule has 0 heterocycles. The van der Waals surface area contributed by atoms with E-state index >= 15 is 0 Å². The highest BCUT2D eigenvalue weighted by Crippen LogP contribution is 2.41. The Morgan fingerprint density at radius 1 is 0.889 bits per heavy atom. The molecule has 0 fully saturated rings. The lowest BCUT2D eigenvalue weighted by atomic mass is 10.1. The number of aromatic carboxylic acids is 1. The molecule has 8 heteroatoms. The summed E-state index contributed by atoms with van der Waals surface area (Å²) >= 11 is 23.2. The quantitative estimate of drug-likeness (QED) is 0.664. The molecule has 0 atom stereocenters. The molecule has 0 spiro atoms. The minimum atomic E-state index is -1.41. The van der Waals surface area contributed by atoms with Crippen molar-refractivity contribution in [1.82, 2.24) is 4.90 Å². The number of carbonyl (C=O) groups is 2. The second kappa shape index (κ2) is 5.53. The standard InChI is InChI=1S/C10H7Cl4NO3/c1-15(2)9(16)3-4(10(17)18)6(12)8(14)7(13)5(3)11/h1-2H3,(H,17,18). The number of amides is 1. The first-order valence-corrected chi connectivity index (χ1v) is 6.02. The lowest BCUT2D eigenvalue weighted by Crippen LogP contribution is -2.25. The zero-order chi connectivity index (χ0) is 14.2. The van der Waals surface area contributed by atoms with Gasteiger partial charge in [0.1, 0.15) is 0 Å². The molecule has 1 N–H and O–H groups in total. The van der Waals surface area contributed by atoms with E-state index in [0.717, 1.165) is 4.90 Å². The van der Waals surface area contributed by atoms with Gasteiger partial charge in [-0.05, 0) is 0 Å². The van der Waals surface area contributed by atoms with Crippen molar-refractivity contribution in [2.24, 2.45) is 0 Å². The fraction of sp³-hybridized carbons (Fsp3) is 0.200. The van der Waals surface area contributed by atoms with Crippen LogP contribution in [0.15, 0.2) is 0 Å². The molecule has 1 rings (SSSR count). The molecule has 0 aliphatic carbocycles. The number of carboxylic acid groups (broad SMARTS) is 1. The van der Waals surface area contributed by atoms with E-state index in [9.17, 15) is 9.59 Å². The largest absolute Gasteiger partial charge is 0.478 e. The molecule has 0 radical (unpaired) electrons. The summed E-state index contributed by atoms with van der Waals surface area (Å²) in [4.78, 5) is 24.3. The van der Waals surface area contributed by atoms with Gasteiger partial charge in [0, 0.05) is 14.1 Å². The van der Waals surface area contributed by atoms with Crippen molar-refractivity contribution < 1.29 is 14.7 Å². The van der Waals surface area contributed by atoms with Crippen LogP contribution in [-0.2, 0) is 0 Å². The molecule has 0 saturated carbocycles. The van der Waals surface area contributed by atoms with Crippen molar-refractivity contribution in [2.45, 2.75) is 0 Å². The summed E-state index contributed by atoms with van der Waals surface area (Å²) in [6.07, 6.45) is 0. The summed E-state index contributed by atoms with van der Waals surface area (Å²) in [6, 6.07) is 0. The summed E-state index contributed by atoms with van der Waals surface area (Å²) < 4.78 is 0. The molecular formula is C10H7Cl4NO3. The van der Waals surface area contributed by atoms with Gasteiger partial charge >= 0.3 is 5.97 Å². The van der Waals surface area contributed by atoms with Crippen LogP contribution in [0.25, 0.3) is 0 Å². The van der Waals surface area contributed by atoms with Gasteiger partial charge in [-0.3, -0.25) is 4.79 Å². The minimum absolute atomic E-state index is 0.154. The van der Waals surface area contributed by atoms with Crippen molar-refractivity contribution >= 4 is 58.3 Å². The van der Waals surface area contributed by atoms with Gasteiger partial charge in [-0.15, -0.1) is 0 Å². The molecule has 98 valence electrons. The van der Waals surface area contributed by atoms with Crippen molar-refractivity contribution in [1.29, 1.82) is 0 Å². The minimum Gasteiger partial charge on any atom is -0.478 e. The Balaban J connectivity index is 3.78. The Kier molecular flexibility index (Phi) is 4.72. The van der Waals surface area contributed by atoms with E-state index in [-0.39, 0.29) is 25.7 Å². The van der Waals surface area contributed by atoms with E-state index in [4.69, 9.17) is 51.5 Å². The van der Waals surface area contributed by atoms with Gasteiger partial charge < -0.3 is 10.0 Å². The third kappa shape index (κ3) is 2.52. The van der Waals surface area contributed by atoms with E-state index in [1.54, 1.807) is 0 Å². The van der Waals surface area contributed by atoms with Crippen LogP contribution in [0, 0.1) is 0 Å². The number of benzene rings is 1. The predicted octanol–water partition coefficient (Wildman–Crippen LogP) is 3.70. The third-order valence-electron chi connectivity index (χ3n) is 2.10. The highest BCUT2D eigenvalue weighted by molar-refractivity contribution is 6.54. The Morgan fingerprint density at radius 3 is 1.61 bits per heavy atom. The van der Waals surface area contributed by atoms with Crippen molar-refractivity contribution in [3.05, 3.63) is 31.2 Å². The van der Waals surface area contributed by atoms with Crippen LogP contribution in [0.5, 0.6) is 0 Å². The predicted molar refractivity (Wildman–Crippen MR) is 71.5 cm³/mol. The number of halogens is 4. The van der Waals surface area contributed by atoms with E-state index in [1.165, 1.54) is 14.1 Å². The Hall–Kier alpha value is -0.680. The van der Waals surface area contributed by atoms with Crippen LogP contribution >= 0.6 is 46.4 Å². The average Bonchev–Trinajstić information content (AvgIpc) is 2.29. The first kappa shape index (κ1) is 15.4. The fourth-order valence-corrected chi connectivity index (χ4v) is 2.27. The van der Waals surface area contributed by atoms with E-state index in [1.807, 2.05) is 0 Å². The Bertz CT molecular complexity index is 543. The Morgan fingerprint density at radius 2 is 1.28 bits per heavy atom. The number of carbonyl (C=O) groups excluding carboxylic acids is 1. The van der Waals surface area contributed by atoms with Gasteiger partial charge in [0.05, 0.1) is 31.2 Å². The number of nitrogens with zero attached hydrogens (tertiary/aromatic N) is 1. The number of hydrogen-bond acceptors (Lipinski definition) is 2.